The van der Waals surface area contributed by atoms with Crippen LogP contribution in [-0.4, -0.2) is 24.1 Å². The van der Waals surface area contributed by atoms with Crippen LogP contribution in [0.25, 0.3) is 0 Å². The summed E-state index contributed by atoms with van der Waals surface area (Å²) in [6, 6.07) is 0.769. The van der Waals surface area contributed by atoms with E-state index < -0.39 is 0 Å². The van der Waals surface area contributed by atoms with Gasteiger partial charge in [-0.15, -0.1) is 11.3 Å². The van der Waals surface area contributed by atoms with E-state index in [0.29, 0.717) is 0 Å². The molecule has 1 aromatic rings. The number of aromatic nitrogens is 1. The van der Waals surface area contributed by atoms with E-state index in [4.69, 9.17) is 4.98 Å². The van der Waals surface area contributed by atoms with Gasteiger partial charge in [-0.2, -0.15) is 0 Å². The van der Waals surface area contributed by atoms with E-state index in [9.17, 15) is 0 Å². The van der Waals surface area contributed by atoms with Crippen LogP contribution in [0.4, 0.5) is 5.13 Å². The summed E-state index contributed by atoms with van der Waals surface area (Å²) in [5, 5.41) is 4.74. The number of nitrogens with one attached hydrogen (secondary N) is 1. The molecule has 112 valence electrons. The van der Waals surface area contributed by atoms with Gasteiger partial charge in [0.2, 0.25) is 0 Å². The predicted octanol–water partition coefficient (Wildman–Crippen LogP) is 3.54. The van der Waals surface area contributed by atoms with E-state index in [1.165, 1.54) is 41.5 Å². The Bertz CT molecular complexity index is 475. The third-order valence-electron chi connectivity index (χ3n) is 4.59. The molecule has 1 aliphatic carbocycles. The molecule has 2 heterocycles. The van der Waals surface area contributed by atoms with Crippen LogP contribution in [-0.2, 0) is 12.0 Å². The van der Waals surface area contributed by atoms with Crippen LogP contribution >= 0.6 is 11.3 Å². The van der Waals surface area contributed by atoms with Crippen molar-refractivity contribution in [2.75, 3.05) is 18.0 Å². The van der Waals surface area contributed by atoms with Crippen LogP contribution in [0, 0.1) is 5.92 Å². The van der Waals surface area contributed by atoms with E-state index in [-0.39, 0.29) is 5.41 Å². The van der Waals surface area contributed by atoms with Gasteiger partial charge in [0.25, 0.3) is 0 Å². The SMILES string of the molecule is CCNCc1sc(N2CC3CCC2C3)nc1C(C)(C)C. The normalized spacial score (nSPS) is 25.7. The highest BCUT2D eigenvalue weighted by Gasteiger charge is 2.39. The smallest absolute Gasteiger partial charge is 0.186 e. The van der Waals surface area contributed by atoms with E-state index >= 15 is 0 Å². The first-order valence-corrected chi connectivity index (χ1v) is 8.78. The maximum absolute atomic E-state index is 5.04. The Labute approximate surface area is 126 Å². The van der Waals surface area contributed by atoms with Gasteiger partial charge in [0.05, 0.1) is 5.69 Å². The number of rotatable bonds is 4. The van der Waals surface area contributed by atoms with Crippen molar-refractivity contribution >= 4 is 16.5 Å². The van der Waals surface area contributed by atoms with E-state index in [1.54, 1.807) is 0 Å². The molecule has 2 unspecified atom stereocenters. The second-order valence-electron chi connectivity index (χ2n) is 7.28. The van der Waals surface area contributed by atoms with Crippen molar-refractivity contribution < 1.29 is 0 Å². The van der Waals surface area contributed by atoms with Crippen molar-refractivity contribution in [3.05, 3.63) is 10.6 Å². The van der Waals surface area contributed by atoms with Gasteiger partial charge < -0.3 is 10.2 Å². The molecule has 0 amide bonds. The van der Waals surface area contributed by atoms with E-state index in [1.807, 2.05) is 11.3 Å². The van der Waals surface area contributed by atoms with Gasteiger partial charge in [-0.1, -0.05) is 27.7 Å². The van der Waals surface area contributed by atoms with Gasteiger partial charge >= 0.3 is 0 Å². The fourth-order valence-corrected chi connectivity index (χ4v) is 4.89. The van der Waals surface area contributed by atoms with Crippen molar-refractivity contribution in [1.82, 2.24) is 10.3 Å². The van der Waals surface area contributed by atoms with Gasteiger partial charge in [0, 0.05) is 29.4 Å². The van der Waals surface area contributed by atoms with E-state index in [2.05, 4.69) is 37.9 Å². The molecular formula is C16H27N3S. The maximum Gasteiger partial charge on any atom is 0.186 e. The monoisotopic (exact) mass is 293 g/mol. The lowest BCUT2D eigenvalue weighted by Crippen LogP contribution is -2.31. The Morgan fingerprint density at radius 1 is 1.35 bits per heavy atom. The van der Waals surface area contributed by atoms with Gasteiger partial charge in [-0.3, -0.25) is 0 Å². The summed E-state index contributed by atoms with van der Waals surface area (Å²) >= 11 is 1.92. The minimum Gasteiger partial charge on any atom is -0.345 e. The number of fused-ring (bicyclic) bond motifs is 2. The molecule has 3 rings (SSSR count). The number of hydrogen-bond acceptors (Lipinski definition) is 4. The first kappa shape index (κ1) is 14.3. The first-order valence-electron chi connectivity index (χ1n) is 7.96. The molecule has 3 nitrogen and oxygen atoms in total. The number of piperidine rings is 1. The molecule has 1 aromatic heterocycles. The van der Waals surface area contributed by atoms with E-state index in [0.717, 1.165) is 25.0 Å². The zero-order chi connectivity index (χ0) is 14.3. The molecule has 1 saturated carbocycles. The highest BCUT2D eigenvalue weighted by Crippen LogP contribution is 2.43. The largest absolute Gasteiger partial charge is 0.345 e. The average molecular weight is 293 g/mol. The third-order valence-corrected chi connectivity index (χ3v) is 5.68. The Morgan fingerprint density at radius 3 is 2.70 bits per heavy atom. The molecule has 2 bridgehead atoms. The average Bonchev–Trinajstić information content (AvgIpc) is 3.09. The van der Waals surface area contributed by atoms with Crippen LogP contribution in [0.2, 0.25) is 0 Å². The summed E-state index contributed by atoms with van der Waals surface area (Å²) in [4.78, 5) is 9.05. The van der Waals surface area contributed by atoms with Gasteiger partial charge in [0.15, 0.2) is 5.13 Å². The van der Waals surface area contributed by atoms with Gasteiger partial charge in [-0.25, -0.2) is 4.98 Å². The van der Waals surface area contributed by atoms with Crippen LogP contribution < -0.4 is 10.2 Å². The van der Waals surface area contributed by atoms with Crippen LogP contribution in [0.5, 0.6) is 0 Å². The zero-order valence-corrected chi connectivity index (χ0v) is 14.0. The van der Waals surface area contributed by atoms with Crippen LogP contribution in [0.1, 0.15) is 57.5 Å². The summed E-state index contributed by atoms with van der Waals surface area (Å²) in [6.07, 6.45) is 4.20. The molecule has 1 aliphatic heterocycles. The van der Waals surface area contributed by atoms with Crippen LogP contribution in [0.3, 0.4) is 0 Å². The van der Waals surface area contributed by atoms with Crippen molar-refractivity contribution in [2.45, 2.75) is 65.0 Å². The topological polar surface area (TPSA) is 28.2 Å². The predicted molar refractivity (Wildman–Crippen MR) is 86.7 cm³/mol. The number of nitrogens with zero attached hydrogens (tertiary/aromatic N) is 2. The second-order valence-corrected chi connectivity index (χ2v) is 8.35. The molecule has 0 aromatic carbocycles. The molecule has 20 heavy (non-hydrogen) atoms. The van der Waals surface area contributed by atoms with Crippen molar-refractivity contribution in [3.63, 3.8) is 0 Å². The highest BCUT2D eigenvalue weighted by molar-refractivity contribution is 7.15. The zero-order valence-electron chi connectivity index (χ0n) is 13.2. The van der Waals surface area contributed by atoms with Gasteiger partial charge in [-0.05, 0) is 31.7 Å². The summed E-state index contributed by atoms with van der Waals surface area (Å²) in [6.45, 7) is 12.2. The highest BCUT2D eigenvalue weighted by atomic mass is 32.1. The molecule has 0 radical (unpaired) electrons. The minimum atomic E-state index is 0.137. The van der Waals surface area contributed by atoms with Gasteiger partial charge in [0.1, 0.15) is 0 Å². The van der Waals surface area contributed by atoms with Crippen molar-refractivity contribution in [2.24, 2.45) is 5.92 Å². The number of thiazole rings is 1. The molecule has 2 aliphatic rings. The summed E-state index contributed by atoms with van der Waals surface area (Å²) < 4.78 is 0. The quantitative estimate of drug-likeness (QED) is 0.920. The Balaban J connectivity index is 1.86. The van der Waals surface area contributed by atoms with Crippen molar-refractivity contribution in [1.29, 1.82) is 0 Å². The number of anilines is 1. The van der Waals surface area contributed by atoms with Crippen molar-refractivity contribution in [3.8, 4) is 0 Å². The summed E-state index contributed by atoms with van der Waals surface area (Å²) in [7, 11) is 0. The number of hydrogen-bond donors (Lipinski definition) is 1. The lowest BCUT2D eigenvalue weighted by molar-refractivity contribution is 0.544. The Kier molecular flexibility index (Phi) is 3.80. The Morgan fingerprint density at radius 2 is 2.15 bits per heavy atom. The summed E-state index contributed by atoms with van der Waals surface area (Å²) in [5.41, 5.74) is 1.43. The Hall–Kier alpha value is -0.610. The maximum atomic E-state index is 5.04. The molecule has 4 heteroatoms. The molecule has 2 atom stereocenters. The summed E-state index contributed by atoms with van der Waals surface area (Å²) in [5.74, 6) is 0.930. The standard InChI is InChI=1S/C16H27N3S/c1-5-17-9-13-14(16(2,3)4)18-15(20-13)19-10-11-6-7-12(19)8-11/h11-12,17H,5-10H2,1-4H3. The van der Waals surface area contributed by atoms with Crippen LogP contribution in [0.15, 0.2) is 0 Å². The molecule has 1 N–H and O–H groups in total. The lowest BCUT2D eigenvalue weighted by atomic mass is 9.91. The second kappa shape index (κ2) is 5.30. The molecule has 2 fully saturated rings. The minimum absolute atomic E-state index is 0.137. The third kappa shape index (κ3) is 2.60. The molecule has 1 saturated heterocycles. The first-order chi connectivity index (χ1) is 9.49. The molecular weight excluding hydrogens is 266 g/mol. The lowest BCUT2D eigenvalue weighted by Gasteiger charge is -2.26. The fourth-order valence-electron chi connectivity index (χ4n) is 3.57. The molecule has 0 spiro atoms. The fraction of sp³-hybridized carbons (Fsp3) is 0.812.